The van der Waals surface area contributed by atoms with Crippen molar-refractivity contribution in [2.24, 2.45) is 0 Å². The van der Waals surface area contributed by atoms with Crippen molar-refractivity contribution in [2.45, 2.75) is 19.3 Å². The minimum Gasteiger partial charge on any atom is -0.0999 e. The van der Waals surface area contributed by atoms with E-state index in [0.717, 1.165) is 18.4 Å². The van der Waals surface area contributed by atoms with E-state index in [1.165, 1.54) is 6.42 Å². The number of allylic oxidation sites excluding steroid dienone is 1. The Kier molecular flexibility index (Phi) is 0.249. The third-order valence-electron chi connectivity index (χ3n) is 0.957. The monoisotopic (exact) mass is 70.1 g/mol. The second-order valence-corrected chi connectivity index (χ2v) is 1.46. The van der Waals surface area contributed by atoms with E-state index in [-0.39, 0.29) is 6.53 Å². The lowest BCUT2D eigenvalue weighted by atomic mass is 9.95. The van der Waals surface area contributed by atoms with Crippen LogP contribution in [0.25, 0.3) is 0 Å². The molecular weight excluding hydrogens is 60.1 g/mol. The molecular formula is C5H8. The molecule has 0 heteroatoms. The smallest absolute Gasteiger partial charge is 0.0537 e. The minimum atomic E-state index is 0.0475. The molecule has 0 saturated heterocycles. The van der Waals surface area contributed by atoms with Gasteiger partial charge in [0.2, 0.25) is 0 Å². The van der Waals surface area contributed by atoms with E-state index < -0.39 is 0 Å². The lowest BCUT2D eigenvalue weighted by Crippen LogP contribution is -1.92. The molecule has 0 bridgehead atoms. The molecule has 0 unspecified atom stereocenters. The molecule has 0 spiro atoms. The maximum atomic E-state index is 6.78. The van der Waals surface area contributed by atoms with Gasteiger partial charge in [0.15, 0.2) is 0 Å². The normalized spacial score (nSPS) is 26.8. The van der Waals surface area contributed by atoms with Crippen LogP contribution in [0.15, 0.2) is 12.1 Å². The van der Waals surface area contributed by atoms with Crippen LogP contribution in [0.3, 0.4) is 0 Å². The van der Waals surface area contributed by atoms with Gasteiger partial charge in [-0.25, -0.2) is 0 Å². The summed E-state index contributed by atoms with van der Waals surface area (Å²) in [5.74, 6) is 0. The molecule has 0 nitrogen and oxygen atoms in total. The van der Waals surface area contributed by atoms with Gasteiger partial charge in [0.25, 0.3) is 0 Å². The Morgan fingerprint density at radius 3 is 2.60 bits per heavy atom. The SMILES string of the molecule is [2H]C([2H])=C1CCC1. The highest BCUT2D eigenvalue weighted by Gasteiger charge is 2.02. The molecule has 0 aliphatic heterocycles. The van der Waals surface area contributed by atoms with Gasteiger partial charge in [-0.1, -0.05) is 12.1 Å². The van der Waals surface area contributed by atoms with Gasteiger partial charge in [-0.2, -0.15) is 0 Å². The van der Waals surface area contributed by atoms with Crippen molar-refractivity contribution >= 4 is 0 Å². The lowest BCUT2D eigenvalue weighted by Gasteiger charge is -2.11. The van der Waals surface area contributed by atoms with Gasteiger partial charge in [0.1, 0.15) is 0 Å². The van der Waals surface area contributed by atoms with Gasteiger partial charge in [-0.15, -0.1) is 0 Å². The second-order valence-electron chi connectivity index (χ2n) is 1.46. The van der Waals surface area contributed by atoms with Crippen LogP contribution in [0, 0.1) is 0 Å². The second kappa shape index (κ2) is 0.852. The summed E-state index contributed by atoms with van der Waals surface area (Å²) in [7, 11) is 0. The molecule has 1 fully saturated rings. The number of hydrogen-bond acceptors (Lipinski definition) is 0. The first-order chi connectivity index (χ1) is 3.30. The molecule has 1 aliphatic carbocycles. The number of hydrogen-bond donors (Lipinski definition) is 0. The predicted molar refractivity (Wildman–Crippen MR) is 23.0 cm³/mol. The van der Waals surface area contributed by atoms with E-state index in [4.69, 9.17) is 2.74 Å². The molecule has 0 aromatic carbocycles. The summed E-state index contributed by atoms with van der Waals surface area (Å²) in [5.41, 5.74) is 1.03. The van der Waals surface area contributed by atoms with Crippen molar-refractivity contribution in [2.75, 3.05) is 0 Å². The highest BCUT2D eigenvalue weighted by atomic mass is 14.1. The van der Waals surface area contributed by atoms with Crippen LogP contribution in [0.1, 0.15) is 22.0 Å². The maximum absolute atomic E-state index is 6.78. The van der Waals surface area contributed by atoms with E-state index in [2.05, 4.69) is 0 Å². The molecule has 1 saturated carbocycles. The quantitative estimate of drug-likeness (QED) is 0.381. The summed E-state index contributed by atoms with van der Waals surface area (Å²) in [6, 6.07) is 0. The van der Waals surface area contributed by atoms with Crippen LogP contribution in [0.2, 0.25) is 0 Å². The average molecular weight is 70.1 g/mol. The van der Waals surface area contributed by atoms with E-state index in [1.54, 1.807) is 0 Å². The van der Waals surface area contributed by atoms with Crippen molar-refractivity contribution in [3.05, 3.63) is 12.1 Å². The summed E-state index contributed by atoms with van der Waals surface area (Å²) in [6.07, 6.45) is 3.20. The third kappa shape index (κ3) is 0.344. The third-order valence-corrected chi connectivity index (χ3v) is 0.957. The van der Waals surface area contributed by atoms with Crippen molar-refractivity contribution < 1.29 is 2.74 Å². The van der Waals surface area contributed by atoms with Crippen molar-refractivity contribution in [1.82, 2.24) is 0 Å². The minimum absolute atomic E-state index is 0.0475. The van der Waals surface area contributed by atoms with Crippen molar-refractivity contribution in [3.63, 3.8) is 0 Å². The largest absolute Gasteiger partial charge is 0.0999 e. The van der Waals surface area contributed by atoms with E-state index in [1.807, 2.05) is 0 Å². The molecule has 28 valence electrons. The zero-order valence-corrected chi connectivity index (χ0v) is 3.12. The Balaban J connectivity index is 2.52. The van der Waals surface area contributed by atoms with E-state index in [9.17, 15) is 0 Å². The standard InChI is InChI=1S/C5H8/c1-5-3-2-4-5/h1-4H2/i1D2. The Hall–Kier alpha value is -0.260. The van der Waals surface area contributed by atoms with E-state index in [0.29, 0.717) is 0 Å². The molecule has 0 radical (unpaired) electrons. The molecule has 5 heavy (non-hydrogen) atoms. The fourth-order valence-corrected chi connectivity index (χ4v) is 0.354. The predicted octanol–water partition coefficient (Wildman–Crippen LogP) is 1.73. The highest BCUT2D eigenvalue weighted by molar-refractivity contribution is 5.01. The van der Waals surface area contributed by atoms with Crippen LogP contribution >= 0.6 is 0 Å². The summed E-state index contributed by atoms with van der Waals surface area (Å²) < 4.78 is 13.6. The molecule has 1 rings (SSSR count). The maximum Gasteiger partial charge on any atom is 0.0537 e. The van der Waals surface area contributed by atoms with Crippen molar-refractivity contribution in [1.29, 1.82) is 0 Å². The molecule has 0 atom stereocenters. The van der Waals surface area contributed by atoms with Gasteiger partial charge in [0.05, 0.1) is 2.74 Å². The van der Waals surface area contributed by atoms with Crippen LogP contribution in [0.5, 0.6) is 0 Å². The van der Waals surface area contributed by atoms with Gasteiger partial charge >= 0.3 is 0 Å². The van der Waals surface area contributed by atoms with Crippen LogP contribution in [-0.2, 0) is 0 Å². The van der Waals surface area contributed by atoms with Crippen LogP contribution in [-0.4, -0.2) is 0 Å². The van der Waals surface area contributed by atoms with Crippen LogP contribution < -0.4 is 0 Å². The Labute approximate surface area is 35.3 Å². The van der Waals surface area contributed by atoms with E-state index >= 15 is 0 Å². The molecule has 0 heterocycles. The van der Waals surface area contributed by atoms with Gasteiger partial charge in [-0.3, -0.25) is 0 Å². The summed E-state index contributed by atoms with van der Waals surface area (Å²) in [6.45, 7) is 0.0475. The zero-order chi connectivity index (χ0) is 5.28. The van der Waals surface area contributed by atoms with Gasteiger partial charge in [-0.05, 0) is 19.3 Å². The summed E-state index contributed by atoms with van der Waals surface area (Å²) in [5, 5.41) is 0. The summed E-state index contributed by atoms with van der Waals surface area (Å²) >= 11 is 0. The highest BCUT2D eigenvalue weighted by Crippen LogP contribution is 2.21. The molecule has 0 amide bonds. The van der Waals surface area contributed by atoms with Crippen molar-refractivity contribution in [3.8, 4) is 0 Å². The zero-order valence-electron chi connectivity index (χ0n) is 5.12. The molecule has 0 aromatic heterocycles. The number of rotatable bonds is 0. The first kappa shape index (κ1) is 1.46. The fourth-order valence-electron chi connectivity index (χ4n) is 0.354. The molecule has 0 aromatic rings. The van der Waals surface area contributed by atoms with Gasteiger partial charge in [0, 0.05) is 0 Å². The fraction of sp³-hybridized carbons (Fsp3) is 0.600. The molecule has 1 aliphatic rings. The molecule has 0 N–H and O–H groups in total. The first-order valence-electron chi connectivity index (χ1n) is 2.96. The summed E-state index contributed by atoms with van der Waals surface area (Å²) in [4.78, 5) is 0. The average Bonchev–Trinajstić information content (AvgIpc) is 1.23. The Bertz CT molecular complexity index is 94.6. The Morgan fingerprint density at radius 2 is 2.60 bits per heavy atom. The topological polar surface area (TPSA) is 0 Å². The van der Waals surface area contributed by atoms with Gasteiger partial charge < -0.3 is 0 Å². The first-order valence-corrected chi connectivity index (χ1v) is 1.96. The Morgan fingerprint density at radius 1 is 1.80 bits per heavy atom. The lowest BCUT2D eigenvalue weighted by molar-refractivity contribution is 0.667. The van der Waals surface area contributed by atoms with Crippen LogP contribution in [0.4, 0.5) is 0 Å².